The molecule has 0 fully saturated rings. The molecule has 0 spiro atoms. The number of nitrogens with zero attached hydrogens (tertiary/aromatic N) is 2. The van der Waals surface area contributed by atoms with E-state index in [1.807, 2.05) is 0 Å². The largest absolute Gasteiger partial charge is 0.461 e. The second-order valence-electron chi connectivity index (χ2n) is 4.40. The molecule has 1 N–H and O–H groups in total. The summed E-state index contributed by atoms with van der Waals surface area (Å²) in [5, 5.41) is 0.427. The molecule has 0 saturated carbocycles. The number of H-pyrrole nitrogens is 1. The molecule has 5 nitrogen and oxygen atoms in total. The molecule has 0 aliphatic heterocycles. The predicted molar refractivity (Wildman–Crippen MR) is 68.0 cm³/mol. The monoisotopic (exact) mass is 297 g/mol. The van der Waals surface area contributed by atoms with Crippen molar-refractivity contribution in [2.45, 2.75) is 13.1 Å². The van der Waals surface area contributed by atoms with E-state index in [-0.39, 0.29) is 17.9 Å². The minimum absolute atomic E-state index is 0.131. The van der Waals surface area contributed by atoms with E-state index in [0.717, 1.165) is 6.20 Å². The first-order valence-corrected chi connectivity index (χ1v) is 6.15. The Morgan fingerprint density at radius 2 is 2.24 bits per heavy atom. The summed E-state index contributed by atoms with van der Waals surface area (Å²) in [5.74, 6) is -0.561. The van der Waals surface area contributed by atoms with E-state index < -0.39 is 17.8 Å². The molecule has 3 aromatic rings. The highest BCUT2D eigenvalue weighted by Gasteiger charge is 2.34. The second kappa shape index (κ2) is 4.51. The number of alkyl halides is 3. The molecule has 0 aromatic carbocycles. The van der Waals surface area contributed by atoms with Crippen molar-refractivity contribution in [1.29, 1.82) is 0 Å². The van der Waals surface area contributed by atoms with E-state index in [4.69, 9.17) is 4.74 Å². The van der Waals surface area contributed by atoms with Gasteiger partial charge >= 0.3 is 12.1 Å². The number of aromatic amines is 1. The van der Waals surface area contributed by atoms with E-state index in [0.29, 0.717) is 10.9 Å². The maximum atomic E-state index is 12.7. The highest BCUT2D eigenvalue weighted by Crippen LogP contribution is 2.30. The molecule has 0 bridgehead atoms. The zero-order chi connectivity index (χ0) is 15.2. The molecule has 0 radical (unpaired) electrons. The lowest BCUT2D eigenvalue weighted by molar-refractivity contribution is -0.140. The molecule has 21 heavy (non-hydrogen) atoms. The average Bonchev–Trinajstić information content (AvgIpc) is 3.01. The summed E-state index contributed by atoms with van der Waals surface area (Å²) in [7, 11) is 0. The van der Waals surface area contributed by atoms with Gasteiger partial charge < -0.3 is 14.1 Å². The summed E-state index contributed by atoms with van der Waals surface area (Å²) in [6.45, 7) is 1.88. The van der Waals surface area contributed by atoms with Crippen LogP contribution in [0.5, 0.6) is 0 Å². The van der Waals surface area contributed by atoms with Gasteiger partial charge in [-0.3, -0.25) is 0 Å². The van der Waals surface area contributed by atoms with Gasteiger partial charge in [-0.05, 0) is 19.1 Å². The first-order valence-electron chi connectivity index (χ1n) is 6.15. The van der Waals surface area contributed by atoms with Crippen molar-refractivity contribution in [2.75, 3.05) is 6.61 Å². The van der Waals surface area contributed by atoms with Crippen molar-refractivity contribution in [3.63, 3.8) is 0 Å². The first-order chi connectivity index (χ1) is 9.90. The smallest absolute Gasteiger partial charge is 0.434 e. The second-order valence-corrected chi connectivity index (χ2v) is 4.40. The maximum Gasteiger partial charge on any atom is 0.434 e. The zero-order valence-electron chi connectivity index (χ0n) is 10.9. The van der Waals surface area contributed by atoms with Crippen LogP contribution in [-0.4, -0.2) is 26.9 Å². The van der Waals surface area contributed by atoms with Crippen molar-refractivity contribution in [3.8, 4) is 0 Å². The molecule has 3 heterocycles. The number of rotatable bonds is 2. The van der Waals surface area contributed by atoms with Crippen molar-refractivity contribution in [2.24, 2.45) is 0 Å². The highest BCUT2D eigenvalue weighted by atomic mass is 19.4. The number of aromatic nitrogens is 3. The zero-order valence-corrected chi connectivity index (χ0v) is 10.9. The van der Waals surface area contributed by atoms with Gasteiger partial charge in [0.25, 0.3) is 0 Å². The number of pyridine rings is 1. The fraction of sp³-hybridized carbons (Fsp3) is 0.231. The third-order valence-corrected chi connectivity index (χ3v) is 3.01. The summed E-state index contributed by atoms with van der Waals surface area (Å²) < 4.78 is 44.2. The van der Waals surface area contributed by atoms with E-state index in [1.54, 1.807) is 13.0 Å². The van der Waals surface area contributed by atoms with Crippen LogP contribution in [0.25, 0.3) is 16.6 Å². The van der Waals surface area contributed by atoms with Gasteiger partial charge in [0.1, 0.15) is 11.3 Å². The molecule has 0 saturated heterocycles. The minimum Gasteiger partial charge on any atom is -0.461 e. The lowest BCUT2D eigenvalue weighted by atomic mass is 10.3. The normalized spacial score (nSPS) is 12.2. The third kappa shape index (κ3) is 2.22. The van der Waals surface area contributed by atoms with Crippen molar-refractivity contribution in [1.82, 2.24) is 14.4 Å². The Labute approximate surface area is 116 Å². The molecule has 8 heteroatoms. The van der Waals surface area contributed by atoms with Gasteiger partial charge in [-0.2, -0.15) is 13.2 Å². The third-order valence-electron chi connectivity index (χ3n) is 3.01. The van der Waals surface area contributed by atoms with E-state index in [2.05, 4.69) is 9.97 Å². The van der Waals surface area contributed by atoms with Gasteiger partial charge in [-0.15, -0.1) is 0 Å². The Morgan fingerprint density at radius 1 is 1.48 bits per heavy atom. The van der Waals surface area contributed by atoms with Gasteiger partial charge in [0, 0.05) is 17.8 Å². The van der Waals surface area contributed by atoms with Crippen LogP contribution in [0, 0.1) is 0 Å². The Kier molecular flexibility index (Phi) is 2.89. The van der Waals surface area contributed by atoms with Gasteiger partial charge in [0.2, 0.25) is 0 Å². The molecule has 3 aromatic heterocycles. The van der Waals surface area contributed by atoms with Crippen molar-refractivity contribution >= 4 is 22.5 Å². The van der Waals surface area contributed by atoms with Gasteiger partial charge in [-0.1, -0.05) is 0 Å². The number of hydrogen-bond donors (Lipinski definition) is 1. The molecule has 0 unspecified atom stereocenters. The standard InChI is InChI=1S/C13H10F3N3O2/c1-2-21-12(20)9-5-7-8(17-9)3-4-19-6-10(13(14,15)16)18-11(7)19/h3-6,17H,2H2,1H3. The number of imidazole rings is 1. The molecule has 0 aliphatic carbocycles. The van der Waals surface area contributed by atoms with E-state index in [9.17, 15) is 18.0 Å². The number of fused-ring (bicyclic) bond motifs is 3. The Bertz CT molecular complexity index is 832. The SMILES string of the molecule is CCOC(=O)c1cc2c(ccn3cc(C(F)(F)F)nc23)[nH]1. The van der Waals surface area contributed by atoms with Crippen LogP contribution in [0.2, 0.25) is 0 Å². The fourth-order valence-electron chi connectivity index (χ4n) is 2.10. The van der Waals surface area contributed by atoms with Crippen LogP contribution < -0.4 is 0 Å². The number of carbonyl (C=O) groups excluding carboxylic acids is 1. The molecule has 0 atom stereocenters. The lowest BCUT2D eigenvalue weighted by Gasteiger charge is -1.98. The quantitative estimate of drug-likeness (QED) is 0.740. The molecule has 110 valence electrons. The molecular formula is C13H10F3N3O2. The Balaban J connectivity index is 2.18. The average molecular weight is 297 g/mol. The fourth-order valence-corrected chi connectivity index (χ4v) is 2.10. The predicted octanol–water partition coefficient (Wildman–Crippen LogP) is 3.01. The van der Waals surface area contributed by atoms with Crippen LogP contribution in [0.4, 0.5) is 13.2 Å². The van der Waals surface area contributed by atoms with Crippen LogP contribution in [0.1, 0.15) is 23.1 Å². The lowest BCUT2D eigenvalue weighted by Crippen LogP contribution is -2.04. The first kappa shape index (κ1) is 13.5. The molecular weight excluding hydrogens is 287 g/mol. The molecule has 0 aliphatic rings. The van der Waals surface area contributed by atoms with Crippen LogP contribution in [-0.2, 0) is 10.9 Å². The molecule has 3 rings (SSSR count). The Morgan fingerprint density at radius 3 is 2.90 bits per heavy atom. The number of halogens is 3. The summed E-state index contributed by atoms with van der Waals surface area (Å²) in [5.41, 5.74) is -0.151. The summed E-state index contributed by atoms with van der Waals surface area (Å²) >= 11 is 0. The minimum atomic E-state index is -4.52. The summed E-state index contributed by atoms with van der Waals surface area (Å²) in [6.07, 6.45) is -2.16. The van der Waals surface area contributed by atoms with Gasteiger partial charge in [0.15, 0.2) is 5.69 Å². The van der Waals surface area contributed by atoms with Crippen LogP contribution in [0.3, 0.4) is 0 Å². The van der Waals surface area contributed by atoms with Crippen LogP contribution in [0.15, 0.2) is 24.5 Å². The van der Waals surface area contributed by atoms with Crippen molar-refractivity contribution < 1.29 is 22.7 Å². The van der Waals surface area contributed by atoms with Crippen LogP contribution >= 0.6 is 0 Å². The number of carbonyl (C=O) groups is 1. The summed E-state index contributed by atoms with van der Waals surface area (Å²) in [6, 6.07) is 3.02. The summed E-state index contributed by atoms with van der Waals surface area (Å²) in [4.78, 5) is 18.1. The van der Waals surface area contributed by atoms with Gasteiger partial charge in [-0.25, -0.2) is 9.78 Å². The number of nitrogens with one attached hydrogen (secondary N) is 1. The highest BCUT2D eigenvalue weighted by molar-refractivity contribution is 5.99. The topological polar surface area (TPSA) is 59.4 Å². The Hall–Kier alpha value is -2.51. The maximum absolute atomic E-state index is 12.7. The van der Waals surface area contributed by atoms with Crippen molar-refractivity contribution in [3.05, 3.63) is 35.9 Å². The van der Waals surface area contributed by atoms with Gasteiger partial charge in [0.05, 0.1) is 12.1 Å². The van der Waals surface area contributed by atoms with E-state index >= 15 is 0 Å². The van der Waals surface area contributed by atoms with E-state index in [1.165, 1.54) is 16.7 Å². The number of hydrogen-bond acceptors (Lipinski definition) is 3. The number of ether oxygens (including phenoxy) is 1. The molecule has 0 amide bonds. The number of esters is 1.